The predicted molar refractivity (Wildman–Crippen MR) is 112 cm³/mol. The Morgan fingerprint density at radius 3 is 2.54 bits per heavy atom. The van der Waals surface area contributed by atoms with E-state index in [1.807, 2.05) is 6.92 Å². The number of benzene rings is 2. The van der Waals surface area contributed by atoms with Gasteiger partial charge in [-0.2, -0.15) is 0 Å². The van der Waals surface area contributed by atoms with Crippen molar-refractivity contribution in [2.45, 2.75) is 31.6 Å². The molecule has 2 aromatic rings. The number of nitrogens with zero attached hydrogens (tertiary/aromatic N) is 1. The van der Waals surface area contributed by atoms with Gasteiger partial charge in [0.05, 0.1) is 17.8 Å². The van der Waals surface area contributed by atoms with Crippen molar-refractivity contribution < 1.29 is 17.9 Å². The van der Waals surface area contributed by atoms with E-state index < -0.39 is 10.0 Å². The maximum absolute atomic E-state index is 12.9. The Hall–Kier alpha value is -2.25. The van der Waals surface area contributed by atoms with Gasteiger partial charge in [-0.25, -0.2) is 8.42 Å². The Kier molecular flexibility index (Phi) is 7.71. The number of methoxy groups -OCH3 is 1. The molecule has 0 atom stereocenters. The van der Waals surface area contributed by atoms with Gasteiger partial charge >= 0.3 is 0 Å². The minimum atomic E-state index is -4.01. The number of hydrogen-bond acceptors (Lipinski definition) is 4. The summed E-state index contributed by atoms with van der Waals surface area (Å²) in [5.41, 5.74) is 0.568. The van der Waals surface area contributed by atoms with Crippen molar-refractivity contribution in [3.8, 4) is 5.75 Å². The number of ether oxygens (including phenoxy) is 1. The normalized spacial score (nSPS) is 11.1. The van der Waals surface area contributed by atoms with Gasteiger partial charge in [0.15, 0.2) is 0 Å². The second kappa shape index (κ2) is 9.80. The van der Waals surface area contributed by atoms with E-state index >= 15 is 0 Å². The highest BCUT2D eigenvalue weighted by atomic mass is 35.5. The van der Waals surface area contributed by atoms with Crippen LogP contribution in [0.1, 0.15) is 37.0 Å². The highest BCUT2D eigenvalue weighted by Gasteiger charge is 2.23. The van der Waals surface area contributed by atoms with Crippen molar-refractivity contribution in [3.63, 3.8) is 0 Å². The summed E-state index contributed by atoms with van der Waals surface area (Å²) in [6, 6.07) is 10.9. The molecule has 1 amide bonds. The van der Waals surface area contributed by atoms with Gasteiger partial charge in [0.25, 0.3) is 15.9 Å². The van der Waals surface area contributed by atoms with E-state index in [9.17, 15) is 13.2 Å². The molecule has 0 aliphatic carbocycles. The van der Waals surface area contributed by atoms with Crippen LogP contribution < -0.4 is 9.46 Å². The van der Waals surface area contributed by atoms with E-state index in [0.717, 1.165) is 12.8 Å². The van der Waals surface area contributed by atoms with Gasteiger partial charge in [0.1, 0.15) is 10.6 Å². The number of sulfonamides is 1. The molecule has 28 heavy (non-hydrogen) atoms. The standard InChI is InChI=1S/C20H25ClN2O4S/c1-4-6-13-23(5-2)20(24)15-11-12-16(21)19(14-15)28(25,26)22-17-9-7-8-10-18(17)27-3/h7-12,14,22H,4-6,13H2,1-3H3. The minimum Gasteiger partial charge on any atom is -0.495 e. The Balaban J connectivity index is 2.37. The van der Waals surface area contributed by atoms with Crippen LogP contribution in [0.4, 0.5) is 5.69 Å². The van der Waals surface area contributed by atoms with Gasteiger partial charge in [0.2, 0.25) is 0 Å². The molecule has 0 aromatic heterocycles. The number of halogens is 1. The van der Waals surface area contributed by atoms with Gasteiger partial charge in [-0.05, 0) is 43.7 Å². The molecule has 2 aromatic carbocycles. The lowest BCUT2D eigenvalue weighted by Crippen LogP contribution is -2.32. The molecule has 0 saturated carbocycles. The third-order valence-corrected chi connectivity index (χ3v) is 6.12. The predicted octanol–water partition coefficient (Wildman–Crippen LogP) is 4.41. The van der Waals surface area contributed by atoms with Crippen LogP contribution >= 0.6 is 11.6 Å². The number of carbonyl (C=O) groups is 1. The highest BCUT2D eigenvalue weighted by molar-refractivity contribution is 7.92. The quantitative estimate of drug-likeness (QED) is 0.646. The lowest BCUT2D eigenvalue weighted by atomic mass is 10.2. The molecule has 0 fully saturated rings. The number of amides is 1. The molecule has 0 unspecified atom stereocenters. The zero-order chi connectivity index (χ0) is 20.7. The lowest BCUT2D eigenvalue weighted by molar-refractivity contribution is 0.0762. The fourth-order valence-electron chi connectivity index (χ4n) is 2.71. The molecule has 0 heterocycles. The van der Waals surface area contributed by atoms with Gasteiger partial charge in [0, 0.05) is 18.7 Å². The first kappa shape index (κ1) is 22.0. The van der Waals surface area contributed by atoms with Crippen molar-refractivity contribution in [2.24, 2.45) is 0 Å². The van der Waals surface area contributed by atoms with Crippen molar-refractivity contribution in [1.82, 2.24) is 4.90 Å². The second-order valence-corrected chi connectivity index (χ2v) is 8.25. The van der Waals surface area contributed by atoms with Gasteiger partial charge < -0.3 is 9.64 Å². The van der Waals surface area contributed by atoms with Crippen LogP contribution in [0.5, 0.6) is 5.75 Å². The fourth-order valence-corrected chi connectivity index (χ4v) is 4.30. The van der Waals surface area contributed by atoms with Gasteiger partial charge in [-0.3, -0.25) is 9.52 Å². The fraction of sp³-hybridized carbons (Fsp3) is 0.350. The first-order chi connectivity index (χ1) is 13.3. The maximum Gasteiger partial charge on any atom is 0.263 e. The first-order valence-electron chi connectivity index (χ1n) is 9.08. The molecule has 0 bridgehead atoms. The van der Waals surface area contributed by atoms with E-state index in [-0.39, 0.29) is 27.1 Å². The largest absolute Gasteiger partial charge is 0.495 e. The topological polar surface area (TPSA) is 75.7 Å². The van der Waals surface area contributed by atoms with Crippen molar-refractivity contribution >= 4 is 33.2 Å². The van der Waals surface area contributed by atoms with Crippen LogP contribution in [0.3, 0.4) is 0 Å². The first-order valence-corrected chi connectivity index (χ1v) is 10.9. The number of unbranched alkanes of at least 4 members (excludes halogenated alkanes) is 1. The minimum absolute atomic E-state index is 0.0376. The number of nitrogens with one attached hydrogen (secondary N) is 1. The van der Waals surface area contributed by atoms with Crippen LogP contribution in [0.15, 0.2) is 47.4 Å². The van der Waals surface area contributed by atoms with E-state index in [1.165, 1.54) is 19.2 Å². The summed E-state index contributed by atoms with van der Waals surface area (Å²) in [6.45, 7) is 5.11. The van der Waals surface area contributed by atoms with Crippen molar-refractivity contribution in [1.29, 1.82) is 0 Å². The molecular formula is C20H25ClN2O4S. The molecular weight excluding hydrogens is 400 g/mol. The maximum atomic E-state index is 12.9. The second-order valence-electron chi connectivity index (χ2n) is 6.19. The molecule has 0 spiro atoms. The van der Waals surface area contributed by atoms with Gasteiger partial charge in [-0.15, -0.1) is 0 Å². The number of carbonyl (C=O) groups excluding carboxylic acids is 1. The monoisotopic (exact) mass is 424 g/mol. The summed E-state index contributed by atoms with van der Waals surface area (Å²) in [5, 5.41) is 0.0376. The number of anilines is 1. The SMILES string of the molecule is CCCCN(CC)C(=O)c1ccc(Cl)c(S(=O)(=O)Nc2ccccc2OC)c1. The zero-order valence-corrected chi connectivity index (χ0v) is 17.8. The van der Waals surface area contributed by atoms with Gasteiger partial charge in [-0.1, -0.05) is 37.1 Å². The molecule has 0 radical (unpaired) electrons. The molecule has 8 heteroatoms. The number of rotatable bonds is 9. The molecule has 152 valence electrons. The van der Waals surface area contributed by atoms with Crippen LogP contribution in [0, 0.1) is 0 Å². The molecule has 0 aliphatic heterocycles. The summed E-state index contributed by atoms with van der Waals surface area (Å²) >= 11 is 6.15. The van der Waals surface area contributed by atoms with Crippen LogP contribution in [0.25, 0.3) is 0 Å². The Labute approximate surface area is 171 Å². The van der Waals surface area contributed by atoms with E-state index in [4.69, 9.17) is 16.3 Å². The van der Waals surface area contributed by atoms with Crippen molar-refractivity contribution in [3.05, 3.63) is 53.1 Å². The third kappa shape index (κ3) is 5.17. The van der Waals surface area contributed by atoms with Crippen LogP contribution in [-0.4, -0.2) is 39.4 Å². The van der Waals surface area contributed by atoms with Crippen LogP contribution in [0.2, 0.25) is 5.02 Å². The molecule has 0 aliphatic rings. The number of para-hydroxylation sites is 2. The average molecular weight is 425 g/mol. The summed E-state index contributed by atoms with van der Waals surface area (Å²) in [6.07, 6.45) is 1.85. The molecule has 6 nitrogen and oxygen atoms in total. The Morgan fingerprint density at radius 1 is 1.18 bits per heavy atom. The summed E-state index contributed by atoms with van der Waals surface area (Å²) in [5.74, 6) is 0.160. The van der Waals surface area contributed by atoms with E-state index in [0.29, 0.717) is 18.8 Å². The smallest absolute Gasteiger partial charge is 0.263 e. The molecule has 1 N–H and O–H groups in total. The summed E-state index contributed by atoms with van der Waals surface area (Å²) < 4.78 is 33.5. The lowest BCUT2D eigenvalue weighted by Gasteiger charge is -2.21. The molecule has 2 rings (SSSR count). The van der Waals surface area contributed by atoms with Crippen molar-refractivity contribution in [2.75, 3.05) is 24.9 Å². The molecule has 0 saturated heterocycles. The summed E-state index contributed by atoms with van der Waals surface area (Å²) in [7, 11) is -2.56. The highest BCUT2D eigenvalue weighted by Crippen LogP contribution is 2.29. The Morgan fingerprint density at radius 2 is 1.89 bits per heavy atom. The zero-order valence-electron chi connectivity index (χ0n) is 16.2. The van der Waals surface area contributed by atoms with Crippen LogP contribution in [-0.2, 0) is 10.0 Å². The summed E-state index contributed by atoms with van der Waals surface area (Å²) in [4.78, 5) is 14.3. The van der Waals surface area contributed by atoms with E-state index in [1.54, 1.807) is 35.2 Å². The number of hydrogen-bond donors (Lipinski definition) is 1. The Bertz CT molecular complexity index is 932. The third-order valence-electron chi connectivity index (χ3n) is 4.27. The average Bonchev–Trinajstić information content (AvgIpc) is 2.68. The van der Waals surface area contributed by atoms with E-state index in [2.05, 4.69) is 11.6 Å².